The topological polar surface area (TPSA) is 134 Å². The van der Waals surface area contributed by atoms with Gasteiger partial charge in [-0.25, -0.2) is 14.4 Å². The van der Waals surface area contributed by atoms with Crippen LogP contribution in [-0.2, 0) is 57.0 Å². The molecule has 46 heavy (non-hydrogen) atoms. The van der Waals surface area contributed by atoms with E-state index in [0.717, 1.165) is 19.3 Å². The van der Waals surface area contributed by atoms with Crippen LogP contribution in [-0.4, -0.2) is 103 Å². The fourth-order valence-corrected chi connectivity index (χ4v) is 3.66. The zero-order valence-corrected chi connectivity index (χ0v) is 28.7. The van der Waals surface area contributed by atoms with Crippen molar-refractivity contribution in [2.45, 2.75) is 85.0 Å². The van der Waals surface area contributed by atoms with Gasteiger partial charge in [0.05, 0.1) is 59.5 Å². The second-order valence-corrected chi connectivity index (χ2v) is 10.7. The number of unbranched alkanes of at least 4 members (excludes halogenated alkanes) is 6. The van der Waals surface area contributed by atoms with Gasteiger partial charge in [-0.2, -0.15) is 0 Å². The van der Waals surface area contributed by atoms with Crippen LogP contribution in [0.1, 0.15) is 79.1 Å². The first-order valence-corrected chi connectivity index (χ1v) is 16.2. The third kappa shape index (κ3) is 24.6. The molecule has 0 saturated heterocycles. The Hall–Kier alpha value is -2.61. The molecule has 0 rings (SSSR count). The quantitative estimate of drug-likeness (QED) is 0.0308. The number of hydrogen-bond donors (Lipinski definition) is 0. The largest absolute Gasteiger partial charge is 0.460 e. The highest BCUT2D eigenvalue weighted by atomic mass is 16.9. The van der Waals surface area contributed by atoms with Gasteiger partial charge < -0.3 is 42.6 Å². The third-order valence-corrected chi connectivity index (χ3v) is 6.16. The van der Waals surface area contributed by atoms with Crippen molar-refractivity contribution in [3.63, 3.8) is 0 Å². The number of rotatable bonds is 32. The summed E-state index contributed by atoms with van der Waals surface area (Å²) >= 11 is 0. The lowest BCUT2D eigenvalue weighted by Gasteiger charge is -2.33. The molecule has 0 heterocycles. The van der Waals surface area contributed by atoms with E-state index in [4.69, 9.17) is 42.6 Å². The van der Waals surface area contributed by atoms with Gasteiger partial charge in [-0.15, -0.1) is 0 Å². The Balaban J connectivity index is 5.08. The first-order valence-electron chi connectivity index (χ1n) is 16.2. The van der Waals surface area contributed by atoms with E-state index in [1.165, 1.54) is 25.7 Å². The highest BCUT2D eigenvalue weighted by molar-refractivity contribution is 5.87. The Morgan fingerprint density at radius 3 is 1.09 bits per heavy atom. The molecule has 0 N–H and O–H groups in total. The van der Waals surface area contributed by atoms with E-state index in [0.29, 0.717) is 23.1 Å². The second-order valence-electron chi connectivity index (χ2n) is 10.7. The van der Waals surface area contributed by atoms with Crippen molar-refractivity contribution in [2.75, 3.05) is 79.3 Å². The average Bonchev–Trinajstić information content (AvgIpc) is 3.02. The van der Waals surface area contributed by atoms with Crippen molar-refractivity contribution < 1.29 is 57.0 Å². The highest BCUT2D eigenvalue weighted by Crippen LogP contribution is 2.24. The fraction of sp³-hybridized carbons (Fsp3) is 0.735. The lowest BCUT2D eigenvalue weighted by molar-refractivity contribution is -0.388. The molecule has 0 saturated carbocycles. The van der Waals surface area contributed by atoms with Crippen LogP contribution < -0.4 is 0 Å². The zero-order valence-electron chi connectivity index (χ0n) is 28.7. The third-order valence-electron chi connectivity index (χ3n) is 6.16. The van der Waals surface area contributed by atoms with E-state index in [1.807, 2.05) is 0 Å². The fourth-order valence-electron chi connectivity index (χ4n) is 3.66. The summed E-state index contributed by atoms with van der Waals surface area (Å²) in [6.07, 6.45) is 8.14. The minimum atomic E-state index is -1.38. The van der Waals surface area contributed by atoms with Crippen LogP contribution in [0.4, 0.5) is 0 Å². The first-order chi connectivity index (χ1) is 22.0. The van der Waals surface area contributed by atoms with E-state index in [2.05, 4.69) is 26.7 Å². The Morgan fingerprint density at radius 2 is 0.761 bits per heavy atom. The van der Waals surface area contributed by atoms with Crippen LogP contribution >= 0.6 is 0 Å². The van der Waals surface area contributed by atoms with Crippen LogP contribution in [0.5, 0.6) is 0 Å². The summed E-state index contributed by atoms with van der Waals surface area (Å²) in [5, 5.41) is 0. The molecule has 0 unspecified atom stereocenters. The molecule has 0 amide bonds. The molecule has 0 aliphatic heterocycles. The van der Waals surface area contributed by atoms with Gasteiger partial charge in [-0.1, -0.05) is 65.2 Å². The smallest absolute Gasteiger partial charge is 0.333 e. The molecular weight excluding hydrogens is 600 g/mol. The molecule has 0 aliphatic carbocycles. The van der Waals surface area contributed by atoms with Crippen LogP contribution in [0, 0.1) is 0 Å². The molecule has 0 fully saturated rings. The van der Waals surface area contributed by atoms with Crippen LogP contribution in [0.2, 0.25) is 0 Å². The summed E-state index contributed by atoms with van der Waals surface area (Å²) < 4.78 is 50.3. The van der Waals surface area contributed by atoms with Gasteiger partial charge in [0.25, 0.3) is 5.97 Å². The summed E-state index contributed by atoms with van der Waals surface area (Å²) in [4.78, 5) is 34.6. The maximum atomic E-state index is 11.5. The van der Waals surface area contributed by atoms with Gasteiger partial charge in [-0.05, 0) is 27.2 Å². The van der Waals surface area contributed by atoms with E-state index in [9.17, 15) is 14.4 Å². The minimum absolute atomic E-state index is 0.0971. The lowest BCUT2D eigenvalue weighted by atomic mass is 10.1. The maximum Gasteiger partial charge on any atom is 0.333 e. The normalized spacial score (nSPS) is 11.2. The van der Waals surface area contributed by atoms with Crippen LogP contribution in [0.25, 0.3) is 0 Å². The summed E-state index contributed by atoms with van der Waals surface area (Å²) in [5.74, 6) is -2.79. The molecule has 0 atom stereocenters. The van der Waals surface area contributed by atoms with E-state index in [-0.39, 0.29) is 79.3 Å². The van der Waals surface area contributed by atoms with Crippen molar-refractivity contribution in [2.24, 2.45) is 0 Å². The Bertz CT molecular complexity index is 788. The Morgan fingerprint density at radius 1 is 0.457 bits per heavy atom. The van der Waals surface area contributed by atoms with Crippen molar-refractivity contribution in [3.05, 3.63) is 36.5 Å². The summed E-state index contributed by atoms with van der Waals surface area (Å²) in [5.41, 5.74) is 0.962. The van der Waals surface area contributed by atoms with Gasteiger partial charge in [0, 0.05) is 23.1 Å². The molecule has 0 aliphatic rings. The molecular formula is C34H58O12. The molecule has 0 bridgehead atoms. The lowest BCUT2D eigenvalue weighted by Crippen LogP contribution is -2.42. The molecule has 0 aromatic heterocycles. The van der Waals surface area contributed by atoms with Gasteiger partial charge >= 0.3 is 17.9 Å². The number of carbonyl (C=O) groups is 3. The van der Waals surface area contributed by atoms with Crippen molar-refractivity contribution in [1.29, 1.82) is 0 Å². The molecule has 12 nitrogen and oxygen atoms in total. The monoisotopic (exact) mass is 658 g/mol. The van der Waals surface area contributed by atoms with Crippen molar-refractivity contribution >= 4 is 17.9 Å². The maximum absolute atomic E-state index is 11.5. The highest BCUT2D eigenvalue weighted by Gasteiger charge is 2.33. The van der Waals surface area contributed by atoms with Crippen LogP contribution in [0.15, 0.2) is 36.5 Å². The van der Waals surface area contributed by atoms with Gasteiger partial charge in [0.1, 0.15) is 19.8 Å². The predicted octanol–water partition coefficient (Wildman–Crippen LogP) is 5.24. The van der Waals surface area contributed by atoms with Gasteiger partial charge in [0.15, 0.2) is 0 Å². The molecule has 0 aromatic carbocycles. The Labute approximate surface area is 275 Å². The number of carbonyl (C=O) groups excluding carboxylic acids is 3. The molecule has 0 spiro atoms. The molecule has 12 heteroatoms. The number of hydrogen-bond acceptors (Lipinski definition) is 12. The SMILES string of the molecule is C=C(C)C(=O)OCCOCCOC(CCCCCCCCC)(OCCOCCOC(=O)C(=C)C)OCCOCCOC(=O)C(=C)C. The van der Waals surface area contributed by atoms with Crippen molar-refractivity contribution in [3.8, 4) is 0 Å². The first kappa shape index (κ1) is 43.4. The minimum Gasteiger partial charge on any atom is -0.460 e. The van der Waals surface area contributed by atoms with Crippen LogP contribution in [0.3, 0.4) is 0 Å². The van der Waals surface area contributed by atoms with Crippen molar-refractivity contribution in [1.82, 2.24) is 0 Å². The van der Waals surface area contributed by atoms with E-state index < -0.39 is 23.9 Å². The number of ether oxygens (including phenoxy) is 9. The van der Waals surface area contributed by atoms with Gasteiger partial charge in [-0.3, -0.25) is 0 Å². The number of esters is 3. The standard InChI is InChI=1S/C34H58O12/c1-8-9-10-11-12-13-14-15-34(44-25-19-38-16-22-41-31(35)28(2)3,45-26-20-39-17-23-42-32(36)29(4)5)46-27-21-40-18-24-43-33(37)30(6)7/h2,4,6,8-27H2,1,3,5,7H3. The van der Waals surface area contributed by atoms with E-state index >= 15 is 0 Å². The zero-order chi connectivity index (χ0) is 34.5. The average molecular weight is 659 g/mol. The molecule has 266 valence electrons. The van der Waals surface area contributed by atoms with E-state index in [1.54, 1.807) is 20.8 Å². The predicted molar refractivity (Wildman–Crippen MR) is 173 cm³/mol. The Kier molecular flexibility index (Phi) is 27.0. The second kappa shape index (κ2) is 28.6. The summed E-state index contributed by atoms with van der Waals surface area (Å²) in [7, 11) is 0. The summed E-state index contributed by atoms with van der Waals surface area (Å²) in [6.45, 7) is 19.6. The summed E-state index contributed by atoms with van der Waals surface area (Å²) in [6, 6.07) is 0. The molecule has 0 radical (unpaired) electrons. The van der Waals surface area contributed by atoms with Gasteiger partial charge in [0.2, 0.25) is 0 Å². The molecule has 0 aromatic rings.